The Bertz CT molecular complexity index is 432. The summed E-state index contributed by atoms with van der Waals surface area (Å²) in [4.78, 5) is 9.41. The SMILES string of the molecule is Cc1nc(CSCC(C)C)nc(C)c1CCCNC1CC1. The van der Waals surface area contributed by atoms with Crippen LogP contribution in [0.15, 0.2) is 0 Å². The molecule has 21 heavy (non-hydrogen) atoms. The van der Waals surface area contributed by atoms with Gasteiger partial charge >= 0.3 is 0 Å². The zero-order valence-electron chi connectivity index (χ0n) is 13.9. The first kappa shape index (κ1) is 16.8. The fourth-order valence-electron chi connectivity index (χ4n) is 2.48. The Labute approximate surface area is 133 Å². The number of aromatic nitrogens is 2. The summed E-state index contributed by atoms with van der Waals surface area (Å²) >= 11 is 1.93. The lowest BCUT2D eigenvalue weighted by molar-refractivity contribution is 0.641. The first-order valence-corrected chi connectivity index (χ1v) is 9.36. The first-order chi connectivity index (χ1) is 10.1. The van der Waals surface area contributed by atoms with Gasteiger partial charge in [-0.25, -0.2) is 9.97 Å². The highest BCUT2D eigenvalue weighted by atomic mass is 32.2. The van der Waals surface area contributed by atoms with E-state index in [0.29, 0.717) is 0 Å². The Kier molecular flexibility index (Phi) is 6.49. The van der Waals surface area contributed by atoms with Crippen LogP contribution in [0.2, 0.25) is 0 Å². The molecule has 0 spiro atoms. The van der Waals surface area contributed by atoms with Crippen LogP contribution in [0.5, 0.6) is 0 Å². The lowest BCUT2D eigenvalue weighted by Crippen LogP contribution is -2.18. The highest BCUT2D eigenvalue weighted by molar-refractivity contribution is 7.98. The molecule has 0 radical (unpaired) electrons. The van der Waals surface area contributed by atoms with Crippen LogP contribution in [-0.2, 0) is 12.2 Å². The molecule has 1 saturated carbocycles. The molecule has 1 N–H and O–H groups in total. The van der Waals surface area contributed by atoms with Crippen LogP contribution in [0.3, 0.4) is 0 Å². The van der Waals surface area contributed by atoms with Gasteiger partial charge in [0.1, 0.15) is 5.82 Å². The van der Waals surface area contributed by atoms with Crippen molar-refractivity contribution in [2.75, 3.05) is 12.3 Å². The summed E-state index contributed by atoms with van der Waals surface area (Å²) in [5.74, 6) is 3.84. The second-order valence-corrected chi connectivity index (χ2v) is 7.56. The van der Waals surface area contributed by atoms with Crippen molar-refractivity contribution in [1.82, 2.24) is 15.3 Å². The van der Waals surface area contributed by atoms with E-state index in [1.807, 2.05) is 11.8 Å². The van der Waals surface area contributed by atoms with Gasteiger partial charge in [0.2, 0.25) is 0 Å². The van der Waals surface area contributed by atoms with Gasteiger partial charge in [-0.05, 0) is 63.3 Å². The lowest BCUT2D eigenvalue weighted by atomic mass is 10.1. The molecule has 0 unspecified atom stereocenters. The van der Waals surface area contributed by atoms with Gasteiger partial charge < -0.3 is 5.32 Å². The summed E-state index contributed by atoms with van der Waals surface area (Å²) in [6.07, 6.45) is 5.01. The third-order valence-corrected chi connectivity index (χ3v) is 5.13. The molecule has 1 aliphatic rings. The molecule has 0 aromatic carbocycles. The molecule has 0 saturated heterocycles. The quantitative estimate of drug-likeness (QED) is 0.706. The van der Waals surface area contributed by atoms with Crippen LogP contribution in [-0.4, -0.2) is 28.3 Å². The summed E-state index contributed by atoms with van der Waals surface area (Å²) in [6.45, 7) is 9.89. The number of rotatable bonds is 9. The Morgan fingerprint density at radius 1 is 1.19 bits per heavy atom. The number of thioether (sulfide) groups is 1. The molecule has 1 aromatic heterocycles. The van der Waals surface area contributed by atoms with Gasteiger partial charge in [-0.1, -0.05) is 13.8 Å². The molecule has 0 bridgehead atoms. The van der Waals surface area contributed by atoms with Crippen molar-refractivity contribution in [2.45, 2.75) is 65.2 Å². The van der Waals surface area contributed by atoms with E-state index in [1.54, 1.807) is 0 Å². The minimum Gasteiger partial charge on any atom is -0.314 e. The zero-order valence-corrected chi connectivity index (χ0v) is 14.7. The molecule has 118 valence electrons. The fraction of sp³-hybridized carbons (Fsp3) is 0.765. The van der Waals surface area contributed by atoms with Gasteiger partial charge in [0.15, 0.2) is 0 Å². The Hall–Kier alpha value is -0.610. The Morgan fingerprint density at radius 3 is 2.43 bits per heavy atom. The number of hydrogen-bond acceptors (Lipinski definition) is 4. The molecule has 1 aliphatic carbocycles. The van der Waals surface area contributed by atoms with Gasteiger partial charge in [-0.3, -0.25) is 0 Å². The van der Waals surface area contributed by atoms with E-state index in [9.17, 15) is 0 Å². The van der Waals surface area contributed by atoms with Gasteiger partial charge in [0.25, 0.3) is 0 Å². The molecular weight excluding hydrogens is 278 g/mol. The summed E-state index contributed by atoms with van der Waals surface area (Å²) in [7, 11) is 0. The average Bonchev–Trinajstić information content (AvgIpc) is 3.20. The van der Waals surface area contributed by atoms with Crippen LogP contribution in [0.25, 0.3) is 0 Å². The Balaban J connectivity index is 1.83. The van der Waals surface area contributed by atoms with Crippen molar-refractivity contribution in [1.29, 1.82) is 0 Å². The van der Waals surface area contributed by atoms with Gasteiger partial charge in [-0.15, -0.1) is 0 Å². The van der Waals surface area contributed by atoms with Gasteiger partial charge in [-0.2, -0.15) is 11.8 Å². The molecular formula is C17H29N3S. The van der Waals surface area contributed by atoms with E-state index < -0.39 is 0 Å². The maximum atomic E-state index is 4.70. The summed E-state index contributed by atoms with van der Waals surface area (Å²) in [6, 6.07) is 0.809. The summed E-state index contributed by atoms with van der Waals surface area (Å²) in [5.41, 5.74) is 3.70. The molecule has 1 heterocycles. The molecule has 2 rings (SSSR count). The highest BCUT2D eigenvalue weighted by Crippen LogP contribution is 2.19. The van der Waals surface area contributed by atoms with E-state index in [4.69, 9.17) is 9.97 Å². The third-order valence-electron chi connectivity index (χ3n) is 3.76. The number of nitrogens with one attached hydrogen (secondary N) is 1. The molecule has 3 nitrogen and oxygen atoms in total. The maximum Gasteiger partial charge on any atom is 0.138 e. The number of hydrogen-bond donors (Lipinski definition) is 1. The highest BCUT2D eigenvalue weighted by Gasteiger charge is 2.19. The van der Waals surface area contributed by atoms with Crippen molar-refractivity contribution in [3.8, 4) is 0 Å². The minimum atomic E-state index is 0.732. The first-order valence-electron chi connectivity index (χ1n) is 8.20. The van der Waals surface area contributed by atoms with Crippen molar-refractivity contribution >= 4 is 11.8 Å². The average molecular weight is 308 g/mol. The van der Waals surface area contributed by atoms with Crippen LogP contribution in [0.4, 0.5) is 0 Å². The largest absolute Gasteiger partial charge is 0.314 e. The van der Waals surface area contributed by atoms with Crippen molar-refractivity contribution < 1.29 is 0 Å². The monoisotopic (exact) mass is 307 g/mol. The lowest BCUT2D eigenvalue weighted by Gasteiger charge is -2.11. The summed E-state index contributed by atoms with van der Waals surface area (Å²) < 4.78 is 0. The van der Waals surface area contributed by atoms with Crippen LogP contribution in [0, 0.1) is 19.8 Å². The molecule has 0 aliphatic heterocycles. The normalized spacial score (nSPS) is 14.9. The van der Waals surface area contributed by atoms with Crippen molar-refractivity contribution in [2.24, 2.45) is 5.92 Å². The van der Waals surface area contributed by atoms with E-state index >= 15 is 0 Å². The number of aryl methyl sites for hydroxylation is 2. The van der Waals surface area contributed by atoms with E-state index in [-0.39, 0.29) is 0 Å². The molecule has 1 fully saturated rings. The second kappa shape index (κ2) is 8.14. The standard InChI is InChI=1S/C17H29N3S/c1-12(2)10-21-11-17-19-13(3)16(14(4)20-17)6-5-9-18-15-7-8-15/h12,15,18H,5-11H2,1-4H3. The van der Waals surface area contributed by atoms with Crippen LogP contribution >= 0.6 is 11.8 Å². The second-order valence-electron chi connectivity index (χ2n) is 6.53. The molecule has 0 atom stereocenters. The maximum absolute atomic E-state index is 4.70. The molecule has 1 aromatic rings. The van der Waals surface area contributed by atoms with E-state index in [2.05, 4.69) is 33.0 Å². The van der Waals surface area contributed by atoms with Gasteiger partial charge in [0, 0.05) is 17.4 Å². The molecule has 0 amide bonds. The fourth-order valence-corrected chi connectivity index (χ4v) is 3.38. The molecule has 4 heteroatoms. The van der Waals surface area contributed by atoms with Crippen molar-refractivity contribution in [3.63, 3.8) is 0 Å². The zero-order chi connectivity index (χ0) is 15.2. The predicted molar refractivity (Wildman–Crippen MR) is 91.9 cm³/mol. The third kappa shape index (κ3) is 5.95. The van der Waals surface area contributed by atoms with Crippen molar-refractivity contribution in [3.05, 3.63) is 22.8 Å². The summed E-state index contributed by atoms with van der Waals surface area (Å²) in [5, 5.41) is 3.57. The predicted octanol–water partition coefficient (Wildman–Crippen LogP) is 3.67. The Morgan fingerprint density at radius 2 is 1.86 bits per heavy atom. The van der Waals surface area contributed by atoms with Crippen LogP contribution < -0.4 is 5.32 Å². The minimum absolute atomic E-state index is 0.732. The van der Waals surface area contributed by atoms with Gasteiger partial charge in [0.05, 0.1) is 5.75 Å². The van der Waals surface area contributed by atoms with E-state index in [1.165, 1.54) is 42.0 Å². The number of nitrogens with zero attached hydrogens (tertiary/aromatic N) is 2. The van der Waals surface area contributed by atoms with E-state index in [0.717, 1.165) is 36.5 Å². The topological polar surface area (TPSA) is 37.8 Å². The smallest absolute Gasteiger partial charge is 0.138 e. The van der Waals surface area contributed by atoms with Crippen LogP contribution in [0.1, 0.15) is 55.9 Å².